The predicted molar refractivity (Wildman–Crippen MR) is 111 cm³/mol. The number of rotatable bonds is 4. The third-order valence-electron chi connectivity index (χ3n) is 5.03. The molecule has 0 saturated carbocycles. The number of hydrogen-bond acceptors (Lipinski definition) is 6. The standard InChI is InChI=1S/C22H19N3O3S/c1-13-10-18-20(22(26)25(13)12-14-6-5-9-29-14)19(16(11-23)21(24)28-18)15-7-3-4-8-17(15)27-2/h3-10,19H,12,24H2,1-2H3/t19-/m1/s1. The van der Waals surface area contributed by atoms with Gasteiger partial charge in [0.2, 0.25) is 5.88 Å². The van der Waals surface area contributed by atoms with Crippen LogP contribution in [0.3, 0.4) is 0 Å². The van der Waals surface area contributed by atoms with Gasteiger partial charge in [-0.3, -0.25) is 4.79 Å². The van der Waals surface area contributed by atoms with Gasteiger partial charge >= 0.3 is 0 Å². The monoisotopic (exact) mass is 405 g/mol. The Labute approximate surface area is 172 Å². The largest absolute Gasteiger partial charge is 0.496 e. The van der Waals surface area contributed by atoms with E-state index in [1.807, 2.05) is 42.6 Å². The fourth-order valence-electron chi connectivity index (χ4n) is 3.66. The third kappa shape index (κ3) is 3.18. The van der Waals surface area contributed by atoms with Crippen LogP contribution in [0.2, 0.25) is 0 Å². The van der Waals surface area contributed by atoms with Crippen molar-refractivity contribution in [2.75, 3.05) is 7.11 Å². The molecule has 0 radical (unpaired) electrons. The minimum Gasteiger partial charge on any atom is -0.496 e. The Morgan fingerprint density at radius 1 is 1.31 bits per heavy atom. The number of nitrogens with two attached hydrogens (primary N) is 1. The van der Waals surface area contributed by atoms with Crippen LogP contribution < -0.4 is 20.8 Å². The highest BCUT2D eigenvalue weighted by molar-refractivity contribution is 7.09. The molecule has 0 aliphatic carbocycles. The van der Waals surface area contributed by atoms with Gasteiger partial charge in [0.1, 0.15) is 23.1 Å². The molecule has 3 aromatic rings. The number of methoxy groups -OCH3 is 1. The van der Waals surface area contributed by atoms with Crippen LogP contribution in [-0.2, 0) is 6.54 Å². The van der Waals surface area contributed by atoms with Crippen LogP contribution in [0.5, 0.6) is 11.5 Å². The van der Waals surface area contributed by atoms with Crippen LogP contribution in [0, 0.1) is 18.3 Å². The number of aryl methyl sites for hydroxylation is 1. The summed E-state index contributed by atoms with van der Waals surface area (Å²) >= 11 is 1.59. The van der Waals surface area contributed by atoms with E-state index in [1.54, 1.807) is 35.1 Å². The van der Waals surface area contributed by atoms with Gasteiger partial charge in [0, 0.05) is 22.2 Å². The van der Waals surface area contributed by atoms with Gasteiger partial charge in [-0.1, -0.05) is 24.3 Å². The topological polar surface area (TPSA) is 90.3 Å². The number of hydrogen-bond donors (Lipinski definition) is 1. The van der Waals surface area contributed by atoms with Crippen molar-refractivity contribution in [2.45, 2.75) is 19.4 Å². The highest BCUT2D eigenvalue weighted by Gasteiger charge is 2.35. The number of para-hydroxylation sites is 1. The molecule has 146 valence electrons. The predicted octanol–water partition coefficient (Wildman–Crippen LogP) is 3.49. The van der Waals surface area contributed by atoms with E-state index >= 15 is 0 Å². The van der Waals surface area contributed by atoms with Crippen molar-refractivity contribution in [1.82, 2.24) is 4.57 Å². The van der Waals surface area contributed by atoms with Gasteiger partial charge in [0.05, 0.1) is 25.1 Å². The van der Waals surface area contributed by atoms with Gasteiger partial charge in [-0.2, -0.15) is 5.26 Å². The first-order chi connectivity index (χ1) is 14.0. The lowest BCUT2D eigenvalue weighted by Crippen LogP contribution is -2.33. The Morgan fingerprint density at radius 3 is 2.79 bits per heavy atom. The summed E-state index contributed by atoms with van der Waals surface area (Å²) in [4.78, 5) is 14.7. The molecular weight excluding hydrogens is 386 g/mol. The lowest BCUT2D eigenvalue weighted by Gasteiger charge is -2.28. The molecule has 1 aliphatic rings. The van der Waals surface area contributed by atoms with Crippen molar-refractivity contribution in [3.63, 3.8) is 0 Å². The van der Waals surface area contributed by atoms with Crippen LogP contribution in [0.25, 0.3) is 0 Å². The lowest BCUT2D eigenvalue weighted by molar-refractivity contribution is 0.383. The normalized spacial score (nSPS) is 15.4. The molecule has 29 heavy (non-hydrogen) atoms. The van der Waals surface area contributed by atoms with Gasteiger partial charge in [-0.25, -0.2) is 0 Å². The fraction of sp³-hybridized carbons (Fsp3) is 0.182. The zero-order valence-electron chi connectivity index (χ0n) is 16.0. The number of nitriles is 1. The van der Waals surface area contributed by atoms with Gasteiger partial charge in [-0.05, 0) is 24.4 Å². The average Bonchev–Trinajstić information content (AvgIpc) is 3.23. The molecule has 1 aromatic carbocycles. The molecule has 3 heterocycles. The van der Waals surface area contributed by atoms with Gasteiger partial charge in [-0.15, -0.1) is 11.3 Å². The summed E-state index contributed by atoms with van der Waals surface area (Å²) in [6, 6.07) is 15.2. The molecule has 0 amide bonds. The summed E-state index contributed by atoms with van der Waals surface area (Å²) in [5, 5.41) is 11.8. The second-order valence-electron chi connectivity index (χ2n) is 6.70. The van der Waals surface area contributed by atoms with Crippen LogP contribution in [0.15, 0.2) is 64.1 Å². The van der Waals surface area contributed by atoms with E-state index in [1.165, 1.54) is 0 Å². The maximum absolute atomic E-state index is 13.6. The Kier molecular flexibility index (Phi) is 4.87. The van der Waals surface area contributed by atoms with E-state index in [-0.39, 0.29) is 17.0 Å². The minimum atomic E-state index is -0.664. The molecule has 4 rings (SSSR count). The highest BCUT2D eigenvalue weighted by atomic mass is 32.1. The van der Waals surface area contributed by atoms with Gasteiger partial charge in [0.25, 0.3) is 5.56 Å². The number of fused-ring (bicyclic) bond motifs is 1. The van der Waals surface area contributed by atoms with E-state index in [0.29, 0.717) is 29.2 Å². The van der Waals surface area contributed by atoms with Crippen molar-refractivity contribution >= 4 is 11.3 Å². The molecule has 1 atom stereocenters. The fourth-order valence-corrected chi connectivity index (χ4v) is 4.35. The SMILES string of the molecule is COc1ccccc1[C@@H]1C(C#N)=C(N)Oc2cc(C)n(Cc3cccs3)c(=O)c21. The van der Waals surface area contributed by atoms with Crippen LogP contribution in [0.1, 0.15) is 27.6 Å². The molecular formula is C22H19N3O3S. The smallest absolute Gasteiger partial charge is 0.259 e. The van der Waals surface area contributed by atoms with Crippen LogP contribution in [0.4, 0.5) is 0 Å². The molecule has 0 saturated heterocycles. The quantitative estimate of drug-likeness (QED) is 0.718. The number of nitrogens with zero attached hydrogens (tertiary/aromatic N) is 2. The Hall–Kier alpha value is -3.50. The number of thiophene rings is 1. The maximum Gasteiger partial charge on any atom is 0.259 e. The Morgan fingerprint density at radius 2 is 2.10 bits per heavy atom. The first-order valence-corrected chi connectivity index (χ1v) is 9.90. The number of ether oxygens (including phenoxy) is 2. The number of benzene rings is 1. The van der Waals surface area contributed by atoms with Crippen molar-refractivity contribution in [1.29, 1.82) is 5.26 Å². The van der Waals surface area contributed by atoms with Crippen molar-refractivity contribution in [3.05, 3.63) is 91.4 Å². The Balaban J connectivity index is 1.98. The molecule has 7 heteroatoms. The number of allylic oxidation sites excluding steroid dienone is 1. The average molecular weight is 405 g/mol. The molecule has 2 N–H and O–H groups in total. The molecule has 0 unspecified atom stereocenters. The third-order valence-corrected chi connectivity index (χ3v) is 5.90. The molecule has 0 bridgehead atoms. The zero-order valence-corrected chi connectivity index (χ0v) is 16.8. The second-order valence-corrected chi connectivity index (χ2v) is 7.73. The summed E-state index contributed by atoms with van der Waals surface area (Å²) < 4.78 is 12.9. The molecule has 0 spiro atoms. The molecule has 2 aromatic heterocycles. The number of aromatic nitrogens is 1. The molecule has 1 aliphatic heterocycles. The lowest BCUT2D eigenvalue weighted by atomic mass is 9.83. The van der Waals surface area contributed by atoms with Crippen molar-refractivity contribution in [2.24, 2.45) is 5.73 Å². The van der Waals surface area contributed by atoms with E-state index in [2.05, 4.69) is 6.07 Å². The summed E-state index contributed by atoms with van der Waals surface area (Å²) in [6.45, 7) is 2.31. The van der Waals surface area contributed by atoms with Gasteiger partial charge < -0.3 is 19.8 Å². The van der Waals surface area contributed by atoms with Crippen molar-refractivity contribution in [3.8, 4) is 17.6 Å². The second kappa shape index (κ2) is 7.49. The summed E-state index contributed by atoms with van der Waals surface area (Å²) in [5.74, 6) is 0.298. The summed E-state index contributed by atoms with van der Waals surface area (Å²) in [7, 11) is 1.56. The highest BCUT2D eigenvalue weighted by Crippen LogP contribution is 2.43. The zero-order chi connectivity index (χ0) is 20.5. The Bertz CT molecular complexity index is 1200. The number of pyridine rings is 1. The van der Waals surface area contributed by atoms with Crippen LogP contribution in [-0.4, -0.2) is 11.7 Å². The minimum absolute atomic E-state index is 0.00529. The van der Waals surface area contributed by atoms with Gasteiger partial charge in [0.15, 0.2) is 0 Å². The van der Waals surface area contributed by atoms with Crippen molar-refractivity contribution < 1.29 is 9.47 Å². The van der Waals surface area contributed by atoms with Crippen LogP contribution >= 0.6 is 11.3 Å². The van der Waals surface area contributed by atoms with E-state index in [0.717, 1.165) is 10.6 Å². The van der Waals surface area contributed by atoms with E-state index < -0.39 is 5.92 Å². The molecule has 6 nitrogen and oxygen atoms in total. The first kappa shape index (κ1) is 18.8. The summed E-state index contributed by atoms with van der Waals surface area (Å²) in [5.41, 5.74) is 7.90. The molecule has 0 fully saturated rings. The van der Waals surface area contributed by atoms with E-state index in [9.17, 15) is 10.1 Å². The first-order valence-electron chi connectivity index (χ1n) is 9.02. The summed E-state index contributed by atoms with van der Waals surface area (Å²) in [6.07, 6.45) is 0. The van der Waals surface area contributed by atoms with E-state index in [4.69, 9.17) is 15.2 Å². The maximum atomic E-state index is 13.6.